The fourth-order valence-corrected chi connectivity index (χ4v) is 6.28. The molecule has 0 aromatic carbocycles. The average Bonchev–Trinajstić information content (AvgIpc) is 2.91. The van der Waals surface area contributed by atoms with Crippen molar-refractivity contribution in [1.82, 2.24) is 0 Å². The van der Waals surface area contributed by atoms with Gasteiger partial charge in [0.2, 0.25) is 0 Å². The van der Waals surface area contributed by atoms with E-state index >= 15 is 0 Å². The Labute approximate surface area is 245 Å². The topological polar surface area (TPSA) is 115 Å². The van der Waals surface area contributed by atoms with Crippen LogP contribution in [0.15, 0.2) is 12.2 Å². The highest BCUT2D eigenvalue weighted by molar-refractivity contribution is 5.77. The maximum atomic E-state index is 12.5. The number of hydrogen-bond donors (Lipinski definition) is 2. The monoisotopic (exact) mass is 567 g/mol. The molecule has 0 radical (unpaired) electrons. The van der Waals surface area contributed by atoms with Crippen molar-refractivity contribution in [3.63, 3.8) is 0 Å². The number of allylic oxidation sites excluding steroid dienone is 2. The van der Waals surface area contributed by atoms with Crippen LogP contribution in [0.2, 0.25) is 0 Å². The molecule has 40 heavy (non-hydrogen) atoms. The van der Waals surface area contributed by atoms with E-state index < -0.39 is 40.5 Å². The first-order valence-corrected chi connectivity index (χ1v) is 16.4. The van der Waals surface area contributed by atoms with Crippen LogP contribution in [-0.4, -0.2) is 57.3 Å². The Morgan fingerprint density at radius 3 is 1.32 bits per heavy atom. The van der Waals surface area contributed by atoms with Crippen LogP contribution in [-0.2, 0) is 14.4 Å². The molecule has 0 amide bonds. The van der Waals surface area contributed by atoms with Crippen LogP contribution in [0.4, 0.5) is 0 Å². The van der Waals surface area contributed by atoms with Gasteiger partial charge in [-0.3, -0.25) is 4.48 Å². The van der Waals surface area contributed by atoms with E-state index in [2.05, 4.69) is 19.1 Å². The van der Waals surface area contributed by atoms with E-state index in [4.69, 9.17) is 0 Å². The molecule has 2 N–H and O–H groups in total. The summed E-state index contributed by atoms with van der Waals surface area (Å²) in [6.07, 6.45) is 23.0. The number of quaternary nitrogens is 1. The third kappa shape index (κ3) is 14.1. The van der Waals surface area contributed by atoms with Crippen molar-refractivity contribution in [2.75, 3.05) is 6.54 Å². The quantitative estimate of drug-likeness (QED) is 0.0584. The number of nitrogens with zero attached hydrogens (tertiary/aromatic N) is 1. The highest BCUT2D eigenvalue weighted by atomic mass is 16.4. The molecule has 3 unspecified atom stereocenters. The first kappa shape index (κ1) is 38.1. The molecular formula is C33H61NO6. The lowest BCUT2D eigenvalue weighted by atomic mass is 9.91. The standard InChI is InChI=1S/C33H61NO6/c1-5-9-10-11-12-13-14-15-16-17-18-19-20-21-22-23-27-34(28(24-6-2)31(35)36,29(25-7-3)32(37)38)30(26-8-4)33(39)40/h20-21,28-30H,5-19,22-27H2,1-4H3,(H2-,35,36,37,38,39,40)/b21-20+. The minimum Gasteiger partial charge on any atom is -0.544 e. The Bertz CT molecular complexity index is 647. The maximum absolute atomic E-state index is 12.5. The van der Waals surface area contributed by atoms with Crippen LogP contribution in [0.25, 0.3) is 0 Å². The molecule has 0 spiro atoms. The van der Waals surface area contributed by atoms with E-state index in [1.165, 1.54) is 64.2 Å². The van der Waals surface area contributed by atoms with E-state index in [1.54, 1.807) is 0 Å². The second-order valence-electron chi connectivity index (χ2n) is 11.6. The van der Waals surface area contributed by atoms with Crippen LogP contribution in [0.3, 0.4) is 0 Å². The van der Waals surface area contributed by atoms with Crippen molar-refractivity contribution in [1.29, 1.82) is 0 Å². The predicted molar refractivity (Wildman–Crippen MR) is 161 cm³/mol. The third-order valence-corrected chi connectivity index (χ3v) is 8.33. The number of carbonyl (C=O) groups excluding carboxylic acids is 1. The van der Waals surface area contributed by atoms with Gasteiger partial charge in [0, 0.05) is 25.7 Å². The average molecular weight is 568 g/mol. The SMILES string of the molecule is CCCCCCCCCCCCC/C=C/CCC[N+](C(CCC)C(=O)[O-])(C(CCC)C(=O)O)C(CCC)C(=O)O. The van der Waals surface area contributed by atoms with Gasteiger partial charge in [-0.25, -0.2) is 9.59 Å². The van der Waals surface area contributed by atoms with Gasteiger partial charge in [0.15, 0.2) is 12.1 Å². The van der Waals surface area contributed by atoms with E-state index in [0.717, 1.165) is 12.8 Å². The van der Waals surface area contributed by atoms with Gasteiger partial charge in [-0.1, -0.05) is 110 Å². The summed E-state index contributed by atoms with van der Waals surface area (Å²) in [5.41, 5.74) is 0. The molecule has 0 saturated heterocycles. The summed E-state index contributed by atoms with van der Waals surface area (Å²) in [6.45, 7) is 7.98. The molecule has 0 aromatic rings. The molecule has 3 atom stereocenters. The minimum absolute atomic E-state index is 0.190. The normalized spacial score (nSPS) is 15.5. The fourth-order valence-electron chi connectivity index (χ4n) is 6.28. The maximum Gasteiger partial charge on any atom is 0.362 e. The zero-order chi connectivity index (χ0) is 30.2. The highest BCUT2D eigenvalue weighted by Gasteiger charge is 2.54. The first-order valence-electron chi connectivity index (χ1n) is 16.4. The van der Waals surface area contributed by atoms with Crippen LogP contribution in [0, 0.1) is 0 Å². The van der Waals surface area contributed by atoms with Crippen molar-refractivity contribution in [2.24, 2.45) is 0 Å². The summed E-state index contributed by atoms with van der Waals surface area (Å²) < 4.78 is -0.463. The van der Waals surface area contributed by atoms with Crippen molar-refractivity contribution in [3.05, 3.63) is 12.2 Å². The van der Waals surface area contributed by atoms with Crippen molar-refractivity contribution in [3.8, 4) is 0 Å². The Kier molecular flexibility index (Phi) is 22.7. The van der Waals surface area contributed by atoms with E-state index in [-0.39, 0.29) is 25.8 Å². The number of rotatable bonds is 28. The number of carbonyl (C=O) groups is 3. The van der Waals surface area contributed by atoms with E-state index in [0.29, 0.717) is 32.1 Å². The summed E-state index contributed by atoms with van der Waals surface area (Å²) >= 11 is 0. The number of aliphatic carboxylic acids is 3. The summed E-state index contributed by atoms with van der Waals surface area (Å²) in [6, 6.07) is -3.38. The summed E-state index contributed by atoms with van der Waals surface area (Å²) in [7, 11) is 0. The number of hydrogen-bond acceptors (Lipinski definition) is 4. The lowest BCUT2D eigenvalue weighted by Crippen LogP contribution is -2.74. The number of carboxylic acids is 3. The predicted octanol–water partition coefficient (Wildman–Crippen LogP) is 7.27. The molecule has 0 fully saturated rings. The largest absolute Gasteiger partial charge is 0.544 e. The lowest BCUT2D eigenvalue weighted by molar-refractivity contribution is -0.975. The van der Waals surface area contributed by atoms with Gasteiger partial charge in [-0.2, -0.15) is 0 Å². The Morgan fingerprint density at radius 2 is 0.950 bits per heavy atom. The fraction of sp³-hybridized carbons (Fsp3) is 0.848. The highest BCUT2D eigenvalue weighted by Crippen LogP contribution is 2.34. The van der Waals surface area contributed by atoms with Gasteiger partial charge >= 0.3 is 11.9 Å². The molecule has 0 aliphatic carbocycles. The molecule has 7 heteroatoms. The Balaban J connectivity index is 5.19. The van der Waals surface area contributed by atoms with Gasteiger partial charge in [-0.15, -0.1) is 0 Å². The number of unbranched alkanes of at least 4 members (excludes halogenated alkanes) is 12. The molecule has 0 aliphatic rings. The molecule has 0 bridgehead atoms. The molecule has 0 aromatic heterocycles. The van der Waals surface area contributed by atoms with Gasteiger partial charge < -0.3 is 20.1 Å². The van der Waals surface area contributed by atoms with Crippen molar-refractivity contribution in [2.45, 2.75) is 174 Å². The van der Waals surface area contributed by atoms with Gasteiger partial charge in [0.1, 0.15) is 6.04 Å². The second-order valence-corrected chi connectivity index (χ2v) is 11.6. The Morgan fingerprint density at radius 1 is 0.575 bits per heavy atom. The molecule has 234 valence electrons. The van der Waals surface area contributed by atoms with Gasteiger partial charge in [-0.05, 0) is 32.1 Å². The summed E-state index contributed by atoms with van der Waals surface area (Å²) in [5.74, 6) is -3.60. The molecule has 0 aliphatic heterocycles. The minimum atomic E-state index is -1.35. The first-order chi connectivity index (χ1) is 19.2. The van der Waals surface area contributed by atoms with Crippen molar-refractivity contribution >= 4 is 17.9 Å². The second kappa shape index (κ2) is 23.8. The van der Waals surface area contributed by atoms with Gasteiger partial charge in [0.05, 0.1) is 12.5 Å². The van der Waals surface area contributed by atoms with Crippen LogP contribution in [0.5, 0.6) is 0 Å². The van der Waals surface area contributed by atoms with Crippen LogP contribution in [0.1, 0.15) is 156 Å². The zero-order valence-electron chi connectivity index (χ0n) is 26.2. The van der Waals surface area contributed by atoms with Crippen LogP contribution >= 0.6 is 0 Å². The molecule has 0 saturated carbocycles. The summed E-state index contributed by atoms with van der Waals surface area (Å²) in [4.78, 5) is 37.5. The molecule has 0 heterocycles. The zero-order valence-corrected chi connectivity index (χ0v) is 26.2. The van der Waals surface area contributed by atoms with Crippen molar-refractivity contribution < 1.29 is 34.2 Å². The van der Waals surface area contributed by atoms with Gasteiger partial charge in [0.25, 0.3) is 0 Å². The molecular weight excluding hydrogens is 506 g/mol. The smallest absolute Gasteiger partial charge is 0.362 e. The molecule has 7 nitrogen and oxygen atoms in total. The van der Waals surface area contributed by atoms with E-state index in [1.807, 2.05) is 20.8 Å². The van der Waals surface area contributed by atoms with E-state index in [9.17, 15) is 29.7 Å². The Hall–Kier alpha value is -1.89. The lowest BCUT2D eigenvalue weighted by Gasteiger charge is -2.52. The number of carboxylic acid groups (broad SMARTS) is 3. The molecule has 0 rings (SSSR count). The summed E-state index contributed by atoms with van der Waals surface area (Å²) in [5, 5.41) is 32.9. The third-order valence-electron chi connectivity index (χ3n) is 8.33. The van der Waals surface area contributed by atoms with Crippen LogP contribution < -0.4 is 5.11 Å².